The number of hydrogen-bond donors (Lipinski definition) is 1. The standard InChI is InChI=1S/C11H14F2N2O/c1-11(2,3)15(14)10(16)9-7(12)5-4-6-8(9)13/h4-6H,14H2,1-3H3. The van der Waals surface area contributed by atoms with Crippen LogP contribution in [0.25, 0.3) is 0 Å². The summed E-state index contributed by atoms with van der Waals surface area (Å²) in [6.07, 6.45) is 0. The van der Waals surface area contributed by atoms with E-state index in [0.29, 0.717) is 0 Å². The van der Waals surface area contributed by atoms with Crippen LogP contribution in [0, 0.1) is 11.6 Å². The number of halogens is 2. The van der Waals surface area contributed by atoms with Gasteiger partial charge in [-0.2, -0.15) is 0 Å². The van der Waals surface area contributed by atoms with Gasteiger partial charge < -0.3 is 0 Å². The molecule has 1 aromatic carbocycles. The molecule has 3 nitrogen and oxygen atoms in total. The lowest BCUT2D eigenvalue weighted by atomic mass is 10.1. The summed E-state index contributed by atoms with van der Waals surface area (Å²) in [5, 5.41) is 0.814. The Bertz CT molecular complexity index is 393. The summed E-state index contributed by atoms with van der Waals surface area (Å²) in [6.45, 7) is 5.01. The van der Waals surface area contributed by atoms with E-state index in [0.717, 1.165) is 17.1 Å². The zero-order valence-electron chi connectivity index (χ0n) is 9.42. The summed E-state index contributed by atoms with van der Waals surface area (Å²) in [5.74, 6) is 2.82. The monoisotopic (exact) mass is 228 g/mol. The molecule has 88 valence electrons. The maximum absolute atomic E-state index is 13.3. The summed E-state index contributed by atoms with van der Waals surface area (Å²) in [7, 11) is 0. The molecule has 0 aliphatic rings. The first kappa shape index (κ1) is 12.6. The van der Waals surface area contributed by atoms with Crippen LogP contribution in [0.15, 0.2) is 18.2 Å². The van der Waals surface area contributed by atoms with Crippen LogP contribution in [-0.4, -0.2) is 16.5 Å². The van der Waals surface area contributed by atoms with Crippen molar-refractivity contribution in [3.05, 3.63) is 35.4 Å². The largest absolute Gasteiger partial charge is 0.274 e. The molecule has 2 N–H and O–H groups in total. The number of rotatable bonds is 1. The molecule has 0 aliphatic carbocycles. The van der Waals surface area contributed by atoms with Crippen molar-refractivity contribution in [3.63, 3.8) is 0 Å². The molecule has 1 aromatic rings. The van der Waals surface area contributed by atoms with Crippen molar-refractivity contribution in [1.82, 2.24) is 5.01 Å². The van der Waals surface area contributed by atoms with Crippen molar-refractivity contribution in [2.75, 3.05) is 0 Å². The summed E-state index contributed by atoms with van der Waals surface area (Å²) < 4.78 is 26.6. The van der Waals surface area contributed by atoms with Gasteiger partial charge in [0.2, 0.25) is 0 Å². The predicted molar refractivity (Wildman–Crippen MR) is 56.5 cm³/mol. The normalized spacial score (nSPS) is 11.4. The number of benzene rings is 1. The predicted octanol–water partition coefficient (Wildman–Crippen LogP) is 2.08. The van der Waals surface area contributed by atoms with Gasteiger partial charge in [-0.05, 0) is 32.9 Å². The molecule has 0 fully saturated rings. The van der Waals surface area contributed by atoms with Gasteiger partial charge in [0.25, 0.3) is 5.91 Å². The molecule has 5 heteroatoms. The van der Waals surface area contributed by atoms with E-state index in [9.17, 15) is 13.6 Å². The minimum absolute atomic E-state index is 0.625. The van der Waals surface area contributed by atoms with Gasteiger partial charge in [0, 0.05) is 0 Å². The van der Waals surface area contributed by atoms with Crippen LogP contribution in [0.1, 0.15) is 31.1 Å². The Morgan fingerprint density at radius 3 is 2.06 bits per heavy atom. The highest BCUT2D eigenvalue weighted by atomic mass is 19.1. The van der Waals surface area contributed by atoms with E-state index in [2.05, 4.69) is 0 Å². The van der Waals surface area contributed by atoms with E-state index < -0.39 is 28.6 Å². The molecule has 0 heterocycles. The second kappa shape index (κ2) is 4.17. The van der Waals surface area contributed by atoms with Gasteiger partial charge in [0.15, 0.2) is 0 Å². The third-order valence-electron chi connectivity index (χ3n) is 2.12. The van der Waals surface area contributed by atoms with Gasteiger partial charge in [0.1, 0.15) is 17.2 Å². The van der Waals surface area contributed by atoms with Crippen molar-refractivity contribution >= 4 is 5.91 Å². The Kier molecular flexibility index (Phi) is 3.28. The quantitative estimate of drug-likeness (QED) is 0.454. The molecule has 0 aromatic heterocycles. The smallest absolute Gasteiger partial charge is 0.271 e. The average molecular weight is 228 g/mol. The molecule has 1 rings (SSSR count). The number of hydrogen-bond acceptors (Lipinski definition) is 2. The molecule has 0 spiro atoms. The third-order valence-corrected chi connectivity index (χ3v) is 2.12. The Morgan fingerprint density at radius 1 is 1.25 bits per heavy atom. The molecule has 0 unspecified atom stereocenters. The minimum Gasteiger partial charge on any atom is -0.271 e. The Balaban J connectivity index is 3.16. The maximum Gasteiger partial charge on any atom is 0.274 e. The summed E-state index contributed by atoms with van der Waals surface area (Å²) >= 11 is 0. The van der Waals surface area contributed by atoms with Gasteiger partial charge in [-0.3, -0.25) is 9.80 Å². The molecule has 0 aliphatic heterocycles. The van der Waals surface area contributed by atoms with E-state index >= 15 is 0 Å². The van der Waals surface area contributed by atoms with Crippen molar-refractivity contribution in [3.8, 4) is 0 Å². The van der Waals surface area contributed by atoms with Crippen LogP contribution in [0.2, 0.25) is 0 Å². The van der Waals surface area contributed by atoms with Crippen molar-refractivity contribution in [2.24, 2.45) is 5.84 Å². The maximum atomic E-state index is 13.3. The van der Waals surface area contributed by atoms with Gasteiger partial charge in [-0.25, -0.2) is 14.6 Å². The average Bonchev–Trinajstić information content (AvgIpc) is 2.14. The molecule has 0 radical (unpaired) electrons. The first-order valence-electron chi connectivity index (χ1n) is 4.78. The molecular formula is C11H14F2N2O. The Labute approximate surface area is 92.8 Å². The first-order valence-corrected chi connectivity index (χ1v) is 4.78. The van der Waals surface area contributed by atoms with Crippen LogP contribution >= 0.6 is 0 Å². The van der Waals surface area contributed by atoms with Gasteiger partial charge in [0.05, 0.1) is 5.54 Å². The van der Waals surface area contributed by atoms with Gasteiger partial charge in [-0.1, -0.05) is 6.07 Å². The number of nitrogens with two attached hydrogens (primary N) is 1. The fraction of sp³-hybridized carbons (Fsp3) is 0.364. The zero-order chi connectivity index (χ0) is 12.5. The molecule has 0 bridgehead atoms. The first-order chi connectivity index (χ1) is 7.25. The summed E-state index contributed by atoms with van der Waals surface area (Å²) in [6, 6.07) is 3.24. The second-order valence-corrected chi connectivity index (χ2v) is 4.44. The second-order valence-electron chi connectivity index (χ2n) is 4.44. The zero-order valence-corrected chi connectivity index (χ0v) is 9.42. The van der Waals surface area contributed by atoms with Gasteiger partial charge >= 0.3 is 0 Å². The van der Waals surface area contributed by atoms with Crippen LogP contribution < -0.4 is 5.84 Å². The lowest BCUT2D eigenvalue weighted by Gasteiger charge is -2.31. The van der Waals surface area contributed by atoms with E-state index in [-0.39, 0.29) is 0 Å². The highest BCUT2D eigenvalue weighted by Gasteiger charge is 2.28. The number of carbonyl (C=O) groups is 1. The van der Waals surface area contributed by atoms with Crippen LogP contribution in [0.3, 0.4) is 0 Å². The van der Waals surface area contributed by atoms with Crippen molar-refractivity contribution < 1.29 is 13.6 Å². The topological polar surface area (TPSA) is 46.3 Å². The molecule has 0 atom stereocenters. The lowest BCUT2D eigenvalue weighted by molar-refractivity contribution is 0.0572. The molecule has 1 amide bonds. The highest BCUT2D eigenvalue weighted by molar-refractivity contribution is 5.94. The number of nitrogens with zero attached hydrogens (tertiary/aromatic N) is 1. The highest BCUT2D eigenvalue weighted by Crippen LogP contribution is 2.17. The summed E-state index contributed by atoms with van der Waals surface area (Å²) in [5.41, 5.74) is -1.33. The lowest BCUT2D eigenvalue weighted by Crippen LogP contribution is -2.50. The van der Waals surface area contributed by atoms with E-state index in [1.807, 2.05) is 0 Å². The molecular weight excluding hydrogens is 214 g/mol. The third kappa shape index (κ3) is 2.36. The summed E-state index contributed by atoms with van der Waals surface area (Å²) in [4.78, 5) is 11.8. The SMILES string of the molecule is CC(C)(C)N(N)C(=O)c1c(F)cccc1F. The van der Waals surface area contributed by atoms with E-state index in [4.69, 9.17) is 5.84 Å². The van der Waals surface area contributed by atoms with E-state index in [1.54, 1.807) is 20.8 Å². The van der Waals surface area contributed by atoms with Crippen LogP contribution in [-0.2, 0) is 0 Å². The van der Waals surface area contributed by atoms with Crippen LogP contribution in [0.4, 0.5) is 8.78 Å². The van der Waals surface area contributed by atoms with Crippen molar-refractivity contribution in [1.29, 1.82) is 0 Å². The van der Waals surface area contributed by atoms with Gasteiger partial charge in [-0.15, -0.1) is 0 Å². The van der Waals surface area contributed by atoms with E-state index in [1.165, 1.54) is 6.07 Å². The minimum atomic E-state index is -0.912. The molecule has 0 saturated carbocycles. The fourth-order valence-corrected chi connectivity index (χ4v) is 1.13. The Morgan fingerprint density at radius 2 is 1.69 bits per heavy atom. The number of carbonyl (C=O) groups excluding carboxylic acids is 1. The number of hydrazine groups is 1. The number of amides is 1. The molecule has 16 heavy (non-hydrogen) atoms. The fourth-order valence-electron chi connectivity index (χ4n) is 1.13. The molecule has 0 saturated heterocycles. The van der Waals surface area contributed by atoms with Crippen LogP contribution in [0.5, 0.6) is 0 Å². The van der Waals surface area contributed by atoms with Crippen molar-refractivity contribution in [2.45, 2.75) is 26.3 Å². The Hall–Kier alpha value is -1.49.